The first-order valence-corrected chi connectivity index (χ1v) is 7.66. The van der Waals surface area contributed by atoms with Gasteiger partial charge < -0.3 is 9.88 Å². The number of aromatic amines is 1. The molecule has 2 heterocycles. The monoisotopic (exact) mass is 290 g/mol. The summed E-state index contributed by atoms with van der Waals surface area (Å²) in [5.74, 6) is 0.577. The second-order valence-electron chi connectivity index (χ2n) is 5.45. The second kappa shape index (κ2) is 5.49. The Morgan fingerprint density at radius 1 is 1.35 bits per heavy atom. The quantitative estimate of drug-likeness (QED) is 0.848. The van der Waals surface area contributed by atoms with Crippen LogP contribution in [-0.4, -0.2) is 34.8 Å². The molecule has 4 heteroatoms. The summed E-state index contributed by atoms with van der Waals surface area (Å²) >= 11 is 5.67. The molecule has 0 saturated carbocycles. The second-order valence-corrected chi connectivity index (χ2v) is 5.83. The maximum absolute atomic E-state index is 12.0. The van der Waals surface area contributed by atoms with Gasteiger partial charge in [0.25, 0.3) is 0 Å². The van der Waals surface area contributed by atoms with Crippen LogP contribution in [0.25, 0.3) is 10.9 Å². The number of H-pyrrole nitrogens is 1. The van der Waals surface area contributed by atoms with E-state index in [1.165, 1.54) is 27.7 Å². The fraction of sp³-hybridized carbons (Fsp3) is 0.438. The summed E-state index contributed by atoms with van der Waals surface area (Å²) in [6, 6.07) is 6.52. The summed E-state index contributed by atoms with van der Waals surface area (Å²) in [4.78, 5) is 17.4. The number of benzene rings is 1. The van der Waals surface area contributed by atoms with Gasteiger partial charge in [-0.3, -0.25) is 4.79 Å². The molecule has 106 valence electrons. The standard InChI is InChI=1S/C16H19ClN2O/c1-11-2-3-14-13(10-11)12-5-8-19(16(20)4-7-17)9-6-15(12)18-14/h2-3,10,18H,4-9H2,1H3. The lowest BCUT2D eigenvalue weighted by molar-refractivity contribution is -0.130. The minimum atomic E-state index is 0.172. The maximum atomic E-state index is 12.0. The molecule has 3 nitrogen and oxygen atoms in total. The lowest BCUT2D eigenvalue weighted by Crippen LogP contribution is -2.33. The van der Waals surface area contributed by atoms with E-state index in [2.05, 4.69) is 30.1 Å². The first-order valence-electron chi connectivity index (χ1n) is 7.13. The lowest BCUT2D eigenvalue weighted by atomic mass is 10.1. The van der Waals surface area contributed by atoms with Gasteiger partial charge in [-0.05, 0) is 31.0 Å². The molecule has 1 aliphatic heterocycles. The normalized spacial score (nSPS) is 15.2. The number of halogens is 1. The summed E-state index contributed by atoms with van der Waals surface area (Å²) in [6.45, 7) is 3.70. The zero-order valence-corrected chi connectivity index (χ0v) is 12.5. The van der Waals surface area contributed by atoms with Crippen LogP contribution in [0.15, 0.2) is 18.2 Å². The number of amides is 1. The third-order valence-electron chi connectivity index (χ3n) is 4.07. The smallest absolute Gasteiger partial charge is 0.223 e. The molecule has 0 radical (unpaired) electrons. The summed E-state index contributed by atoms with van der Waals surface area (Å²) < 4.78 is 0. The van der Waals surface area contributed by atoms with Crippen molar-refractivity contribution in [1.82, 2.24) is 9.88 Å². The predicted molar refractivity (Wildman–Crippen MR) is 82.4 cm³/mol. The number of carbonyl (C=O) groups is 1. The Morgan fingerprint density at radius 2 is 2.15 bits per heavy atom. The topological polar surface area (TPSA) is 36.1 Å². The number of nitrogens with one attached hydrogen (secondary N) is 1. The van der Waals surface area contributed by atoms with Gasteiger partial charge in [-0.15, -0.1) is 11.6 Å². The molecule has 1 aliphatic rings. The van der Waals surface area contributed by atoms with Crippen LogP contribution in [0.5, 0.6) is 0 Å². The van der Waals surface area contributed by atoms with Gasteiger partial charge in [0.1, 0.15) is 0 Å². The molecule has 1 N–H and O–H groups in total. The molecular formula is C16H19ClN2O. The average molecular weight is 291 g/mol. The fourth-order valence-corrected chi connectivity index (χ4v) is 3.17. The molecule has 0 bridgehead atoms. The number of aryl methyl sites for hydroxylation is 1. The van der Waals surface area contributed by atoms with E-state index in [1.807, 2.05) is 4.90 Å². The van der Waals surface area contributed by atoms with Crippen LogP contribution in [0.1, 0.15) is 23.2 Å². The first-order chi connectivity index (χ1) is 9.69. The Kier molecular flexibility index (Phi) is 3.70. The SMILES string of the molecule is Cc1ccc2[nH]c3c(c2c1)CCN(C(=O)CCCl)CC3. The van der Waals surface area contributed by atoms with Crippen LogP contribution in [0.4, 0.5) is 0 Å². The summed E-state index contributed by atoms with van der Waals surface area (Å²) in [6.07, 6.45) is 2.26. The van der Waals surface area contributed by atoms with Crippen molar-refractivity contribution in [2.75, 3.05) is 19.0 Å². The molecule has 1 aromatic heterocycles. The molecule has 3 rings (SSSR count). The molecule has 0 unspecified atom stereocenters. The van der Waals surface area contributed by atoms with E-state index in [0.29, 0.717) is 12.3 Å². The van der Waals surface area contributed by atoms with E-state index in [0.717, 1.165) is 25.9 Å². The molecule has 20 heavy (non-hydrogen) atoms. The number of hydrogen-bond donors (Lipinski definition) is 1. The minimum Gasteiger partial charge on any atom is -0.358 e. The van der Waals surface area contributed by atoms with Crippen LogP contribution in [0.3, 0.4) is 0 Å². The zero-order chi connectivity index (χ0) is 14.1. The van der Waals surface area contributed by atoms with Gasteiger partial charge in [-0.25, -0.2) is 0 Å². The summed E-state index contributed by atoms with van der Waals surface area (Å²) in [7, 11) is 0. The van der Waals surface area contributed by atoms with E-state index in [4.69, 9.17) is 11.6 Å². The molecule has 0 saturated heterocycles. The van der Waals surface area contributed by atoms with Crippen molar-refractivity contribution in [3.8, 4) is 0 Å². The molecule has 0 aliphatic carbocycles. The van der Waals surface area contributed by atoms with Gasteiger partial charge in [0.2, 0.25) is 5.91 Å². The number of alkyl halides is 1. The largest absolute Gasteiger partial charge is 0.358 e. The third-order valence-corrected chi connectivity index (χ3v) is 4.26. The van der Waals surface area contributed by atoms with Gasteiger partial charge in [0.05, 0.1) is 0 Å². The highest BCUT2D eigenvalue weighted by molar-refractivity contribution is 6.18. The average Bonchev–Trinajstić information content (AvgIpc) is 2.63. The number of aromatic nitrogens is 1. The van der Waals surface area contributed by atoms with Crippen molar-refractivity contribution in [2.24, 2.45) is 0 Å². The van der Waals surface area contributed by atoms with Gasteiger partial charge in [0.15, 0.2) is 0 Å². The van der Waals surface area contributed by atoms with Crippen molar-refractivity contribution < 1.29 is 4.79 Å². The highest BCUT2D eigenvalue weighted by Crippen LogP contribution is 2.26. The van der Waals surface area contributed by atoms with Crippen LogP contribution in [0.2, 0.25) is 0 Å². The molecule has 0 atom stereocenters. The first kappa shape index (κ1) is 13.5. The molecule has 1 aromatic carbocycles. The lowest BCUT2D eigenvalue weighted by Gasteiger charge is -2.19. The van der Waals surface area contributed by atoms with E-state index in [9.17, 15) is 4.79 Å². The molecule has 0 fully saturated rings. The van der Waals surface area contributed by atoms with Crippen molar-refractivity contribution in [2.45, 2.75) is 26.2 Å². The number of rotatable bonds is 2. The maximum Gasteiger partial charge on any atom is 0.223 e. The van der Waals surface area contributed by atoms with Crippen LogP contribution < -0.4 is 0 Å². The third kappa shape index (κ3) is 2.42. The summed E-state index contributed by atoms with van der Waals surface area (Å²) in [5, 5.41) is 1.31. The molecular weight excluding hydrogens is 272 g/mol. The minimum absolute atomic E-state index is 0.172. The van der Waals surface area contributed by atoms with E-state index in [-0.39, 0.29) is 5.91 Å². The number of hydrogen-bond acceptors (Lipinski definition) is 1. The molecule has 2 aromatic rings. The van der Waals surface area contributed by atoms with Crippen molar-refractivity contribution in [1.29, 1.82) is 0 Å². The highest BCUT2D eigenvalue weighted by Gasteiger charge is 2.20. The Hall–Kier alpha value is -1.48. The van der Waals surface area contributed by atoms with Crippen molar-refractivity contribution in [3.63, 3.8) is 0 Å². The van der Waals surface area contributed by atoms with Crippen LogP contribution in [-0.2, 0) is 17.6 Å². The Bertz CT molecular complexity index is 647. The van der Waals surface area contributed by atoms with E-state index in [1.54, 1.807) is 0 Å². The predicted octanol–water partition coefficient (Wildman–Crippen LogP) is 3.03. The Labute approximate surface area is 123 Å². The summed E-state index contributed by atoms with van der Waals surface area (Å²) in [5.41, 5.74) is 5.15. The number of nitrogens with zero attached hydrogens (tertiary/aromatic N) is 1. The van der Waals surface area contributed by atoms with Crippen molar-refractivity contribution in [3.05, 3.63) is 35.0 Å². The number of carbonyl (C=O) groups excluding carboxylic acids is 1. The Balaban J connectivity index is 1.88. The van der Waals surface area contributed by atoms with Crippen LogP contribution in [0, 0.1) is 6.92 Å². The Morgan fingerprint density at radius 3 is 2.95 bits per heavy atom. The van der Waals surface area contributed by atoms with Crippen molar-refractivity contribution >= 4 is 28.4 Å². The van der Waals surface area contributed by atoms with Gasteiger partial charge in [-0.1, -0.05) is 11.6 Å². The van der Waals surface area contributed by atoms with Gasteiger partial charge >= 0.3 is 0 Å². The highest BCUT2D eigenvalue weighted by atomic mass is 35.5. The van der Waals surface area contributed by atoms with Crippen LogP contribution >= 0.6 is 11.6 Å². The zero-order valence-electron chi connectivity index (χ0n) is 11.7. The molecule has 1 amide bonds. The number of fused-ring (bicyclic) bond motifs is 3. The fourth-order valence-electron chi connectivity index (χ4n) is 3.01. The van der Waals surface area contributed by atoms with E-state index < -0.39 is 0 Å². The van der Waals surface area contributed by atoms with Gasteiger partial charge in [-0.2, -0.15) is 0 Å². The van der Waals surface area contributed by atoms with E-state index >= 15 is 0 Å². The molecule has 0 spiro atoms. The van der Waals surface area contributed by atoms with Gasteiger partial charge in [0, 0.05) is 48.4 Å².